The Morgan fingerprint density at radius 2 is 2.00 bits per heavy atom. The van der Waals surface area contributed by atoms with Gasteiger partial charge in [-0.15, -0.1) is 11.3 Å². The predicted octanol–water partition coefficient (Wildman–Crippen LogP) is 5.62. The fourth-order valence-electron chi connectivity index (χ4n) is 6.01. The number of aliphatic hydroxyl groups is 1. The minimum atomic E-state index is -1.32. The largest absolute Gasteiger partial charge is 0.378 e. The van der Waals surface area contributed by atoms with E-state index in [0.717, 1.165) is 24.4 Å². The van der Waals surface area contributed by atoms with E-state index in [2.05, 4.69) is 16.4 Å². The second-order valence-corrected chi connectivity index (χ2v) is 12.2. The van der Waals surface area contributed by atoms with E-state index in [1.807, 2.05) is 11.3 Å². The Hall–Kier alpha value is -2.48. The molecule has 2 N–H and O–H groups in total. The number of fused-ring (bicyclic) bond motifs is 1. The summed E-state index contributed by atoms with van der Waals surface area (Å²) in [5, 5.41) is 13.5. The predicted molar refractivity (Wildman–Crippen MR) is 145 cm³/mol. The molecule has 2 aliphatic carbocycles. The van der Waals surface area contributed by atoms with Crippen LogP contribution in [-0.2, 0) is 23.2 Å². The molecule has 0 saturated heterocycles. The average Bonchev–Trinajstić information content (AvgIpc) is 3.63. The van der Waals surface area contributed by atoms with E-state index < -0.39 is 12.0 Å². The van der Waals surface area contributed by atoms with E-state index in [1.165, 1.54) is 42.5 Å². The van der Waals surface area contributed by atoms with Crippen LogP contribution in [0, 0.1) is 0 Å². The van der Waals surface area contributed by atoms with Gasteiger partial charge in [-0.3, -0.25) is 9.59 Å². The molecule has 6 rings (SSSR count). The lowest BCUT2D eigenvalue weighted by Gasteiger charge is -2.24. The Morgan fingerprint density at radius 1 is 1.19 bits per heavy atom. The van der Waals surface area contributed by atoms with Crippen LogP contribution in [0.5, 0.6) is 0 Å². The molecule has 1 aromatic carbocycles. The van der Waals surface area contributed by atoms with Gasteiger partial charge in [-0.1, -0.05) is 43.0 Å². The lowest BCUT2D eigenvalue weighted by molar-refractivity contribution is -0.141. The summed E-state index contributed by atoms with van der Waals surface area (Å²) < 4.78 is 0. The van der Waals surface area contributed by atoms with Crippen molar-refractivity contribution in [1.29, 1.82) is 0 Å². The highest BCUT2D eigenvalue weighted by atomic mass is 35.5. The summed E-state index contributed by atoms with van der Waals surface area (Å²) in [4.78, 5) is 37.5. The molecule has 6 nitrogen and oxygen atoms in total. The Labute approximate surface area is 225 Å². The molecule has 2 aromatic heterocycles. The Balaban J connectivity index is 1.24. The van der Waals surface area contributed by atoms with E-state index in [1.54, 1.807) is 29.2 Å². The number of thiophene rings is 1. The SMILES string of the molecule is O=C(C(O)c1cccc(Cl)c1)N1CCCc2nc(C3(c4cc(C5CCCCC5)cs4)CC3)[nH]c(=O)c2C1. The maximum absolute atomic E-state index is 13.3. The molecule has 37 heavy (non-hydrogen) atoms. The third kappa shape index (κ3) is 4.77. The van der Waals surface area contributed by atoms with Gasteiger partial charge >= 0.3 is 0 Å². The van der Waals surface area contributed by atoms with Crippen LogP contribution >= 0.6 is 22.9 Å². The fraction of sp³-hybridized carbons (Fsp3) is 0.483. The second-order valence-electron chi connectivity index (χ2n) is 10.8. The molecule has 1 amide bonds. The van der Waals surface area contributed by atoms with Gasteiger partial charge < -0.3 is 15.0 Å². The molecule has 3 heterocycles. The molecule has 8 heteroatoms. The number of nitrogens with zero attached hydrogens (tertiary/aromatic N) is 2. The summed E-state index contributed by atoms with van der Waals surface area (Å²) in [5.41, 5.74) is 2.85. The van der Waals surface area contributed by atoms with Gasteiger partial charge in [0.1, 0.15) is 5.82 Å². The van der Waals surface area contributed by atoms with Crippen molar-refractivity contribution in [3.8, 4) is 0 Å². The lowest BCUT2D eigenvalue weighted by atomic mass is 9.85. The summed E-state index contributed by atoms with van der Waals surface area (Å²) in [7, 11) is 0. The van der Waals surface area contributed by atoms with E-state index in [-0.39, 0.29) is 17.5 Å². The molecule has 1 aliphatic heterocycles. The van der Waals surface area contributed by atoms with Crippen LogP contribution in [0.15, 0.2) is 40.5 Å². The zero-order valence-electron chi connectivity index (χ0n) is 20.8. The number of aromatic nitrogens is 2. The van der Waals surface area contributed by atoms with E-state index in [9.17, 15) is 14.7 Å². The topological polar surface area (TPSA) is 86.3 Å². The van der Waals surface area contributed by atoms with Crippen LogP contribution in [0.3, 0.4) is 0 Å². The molecule has 3 aliphatic rings. The van der Waals surface area contributed by atoms with E-state index in [4.69, 9.17) is 16.6 Å². The normalized spacial score (nSPS) is 20.2. The number of halogens is 1. The number of rotatable bonds is 5. The number of aromatic amines is 1. The van der Waals surface area contributed by atoms with E-state index >= 15 is 0 Å². The summed E-state index contributed by atoms with van der Waals surface area (Å²) in [5.74, 6) is 1.01. The summed E-state index contributed by atoms with van der Waals surface area (Å²) in [6.07, 6.45) is 8.53. The molecule has 0 spiro atoms. The number of hydrogen-bond donors (Lipinski definition) is 2. The number of H-pyrrole nitrogens is 1. The molecule has 2 saturated carbocycles. The molecular formula is C29H32ClN3O3S. The smallest absolute Gasteiger partial charge is 0.256 e. The molecule has 1 unspecified atom stereocenters. The Kier molecular flexibility index (Phi) is 6.72. The van der Waals surface area contributed by atoms with Gasteiger partial charge in [0.25, 0.3) is 11.5 Å². The van der Waals surface area contributed by atoms with Crippen LogP contribution in [0.1, 0.15) is 96.5 Å². The Bertz CT molecular complexity index is 1370. The third-order valence-corrected chi connectivity index (χ3v) is 9.76. The average molecular weight is 538 g/mol. The van der Waals surface area contributed by atoms with Crippen molar-refractivity contribution in [2.45, 2.75) is 81.8 Å². The number of carbonyl (C=O) groups is 1. The molecular weight excluding hydrogens is 506 g/mol. The van der Waals surface area contributed by atoms with Crippen LogP contribution < -0.4 is 5.56 Å². The zero-order chi connectivity index (χ0) is 25.6. The van der Waals surface area contributed by atoms with Crippen molar-refractivity contribution in [1.82, 2.24) is 14.9 Å². The molecule has 3 aromatic rings. The van der Waals surface area contributed by atoms with Gasteiger partial charge in [0.2, 0.25) is 0 Å². The minimum Gasteiger partial charge on any atom is -0.378 e. The molecule has 0 radical (unpaired) electrons. The number of nitrogens with one attached hydrogen (secondary N) is 1. The summed E-state index contributed by atoms with van der Waals surface area (Å²) in [6.45, 7) is 0.606. The van der Waals surface area contributed by atoms with Crippen LogP contribution in [-0.4, -0.2) is 32.4 Å². The first kappa shape index (κ1) is 24.8. The highest BCUT2D eigenvalue weighted by Gasteiger charge is 2.50. The molecule has 0 bridgehead atoms. The first-order chi connectivity index (χ1) is 17.9. The standard InChI is InChI=1S/C29H32ClN3O3S/c30-21-9-4-8-19(14-21)25(34)27(36)33-13-5-10-23-22(16-33)26(35)32-28(31-23)29(11-12-29)24-15-20(17-37-24)18-6-2-1-3-7-18/h4,8-9,14-15,17-18,25,34H,1-3,5-7,10-13,16H2,(H,31,32,35). The van der Waals surface area contributed by atoms with Crippen molar-refractivity contribution < 1.29 is 9.90 Å². The van der Waals surface area contributed by atoms with Gasteiger partial charge in [0.05, 0.1) is 23.2 Å². The van der Waals surface area contributed by atoms with E-state index in [0.29, 0.717) is 41.5 Å². The second kappa shape index (κ2) is 10.0. The third-order valence-electron chi connectivity index (χ3n) is 8.37. The zero-order valence-corrected chi connectivity index (χ0v) is 22.4. The van der Waals surface area contributed by atoms with Crippen molar-refractivity contribution in [2.24, 2.45) is 0 Å². The van der Waals surface area contributed by atoms with Crippen molar-refractivity contribution in [3.05, 3.63) is 84.2 Å². The number of amides is 1. The number of hydrogen-bond acceptors (Lipinski definition) is 5. The lowest BCUT2D eigenvalue weighted by Crippen LogP contribution is -2.36. The molecule has 1 atom stereocenters. The highest BCUT2D eigenvalue weighted by molar-refractivity contribution is 7.10. The summed E-state index contributed by atoms with van der Waals surface area (Å²) >= 11 is 7.85. The van der Waals surface area contributed by atoms with Crippen LogP contribution in [0.25, 0.3) is 0 Å². The van der Waals surface area contributed by atoms with Crippen molar-refractivity contribution >= 4 is 28.8 Å². The minimum absolute atomic E-state index is 0.145. The Morgan fingerprint density at radius 3 is 2.76 bits per heavy atom. The van der Waals surface area contributed by atoms with Crippen LogP contribution in [0.4, 0.5) is 0 Å². The monoisotopic (exact) mass is 537 g/mol. The fourth-order valence-corrected chi connectivity index (χ4v) is 7.46. The number of benzene rings is 1. The van der Waals surface area contributed by atoms with Crippen molar-refractivity contribution in [3.63, 3.8) is 0 Å². The number of aryl methyl sites for hydroxylation is 1. The van der Waals surface area contributed by atoms with Gasteiger partial charge in [-0.05, 0) is 79.1 Å². The molecule has 2 fully saturated rings. The quantitative estimate of drug-likeness (QED) is 0.442. The van der Waals surface area contributed by atoms with Gasteiger partial charge in [-0.2, -0.15) is 0 Å². The number of aliphatic hydroxyl groups excluding tert-OH is 1. The van der Waals surface area contributed by atoms with Crippen molar-refractivity contribution in [2.75, 3.05) is 6.54 Å². The van der Waals surface area contributed by atoms with Crippen LogP contribution in [0.2, 0.25) is 5.02 Å². The number of carbonyl (C=O) groups excluding carboxylic acids is 1. The highest BCUT2D eigenvalue weighted by Crippen LogP contribution is 2.54. The summed E-state index contributed by atoms with van der Waals surface area (Å²) in [6, 6.07) is 9.06. The first-order valence-electron chi connectivity index (χ1n) is 13.4. The van der Waals surface area contributed by atoms with Gasteiger partial charge in [-0.25, -0.2) is 4.98 Å². The first-order valence-corrected chi connectivity index (χ1v) is 14.6. The maximum atomic E-state index is 13.3. The molecule has 194 valence electrons. The maximum Gasteiger partial charge on any atom is 0.256 e. The van der Waals surface area contributed by atoms with Gasteiger partial charge in [0, 0.05) is 16.4 Å². The van der Waals surface area contributed by atoms with Gasteiger partial charge in [0.15, 0.2) is 6.10 Å².